The predicted octanol–water partition coefficient (Wildman–Crippen LogP) is 3.95. The summed E-state index contributed by atoms with van der Waals surface area (Å²) in [5, 5.41) is 5.27. The summed E-state index contributed by atoms with van der Waals surface area (Å²) in [5.41, 5.74) is 5.74. The van der Waals surface area contributed by atoms with Crippen molar-refractivity contribution >= 4 is 45.1 Å². The molecule has 0 saturated heterocycles. The van der Waals surface area contributed by atoms with Crippen LogP contribution in [0, 0.1) is 0 Å². The summed E-state index contributed by atoms with van der Waals surface area (Å²) in [7, 11) is 0. The van der Waals surface area contributed by atoms with Crippen molar-refractivity contribution < 1.29 is 0 Å². The van der Waals surface area contributed by atoms with Crippen LogP contribution in [-0.2, 0) is 0 Å². The van der Waals surface area contributed by atoms with Crippen molar-refractivity contribution in [1.29, 1.82) is 0 Å². The van der Waals surface area contributed by atoms with E-state index in [9.17, 15) is 0 Å². The molecule has 0 saturated carbocycles. The number of fused-ring (bicyclic) bond motifs is 1. The normalized spacial score (nSPS) is 12.5. The van der Waals surface area contributed by atoms with Gasteiger partial charge in [-0.3, -0.25) is 0 Å². The van der Waals surface area contributed by atoms with Crippen LogP contribution in [0.15, 0.2) is 35.5 Å². The quantitative estimate of drug-likeness (QED) is 0.689. The van der Waals surface area contributed by atoms with Gasteiger partial charge in [0, 0.05) is 9.58 Å². The van der Waals surface area contributed by atoms with Crippen LogP contribution in [-0.4, -0.2) is 21.2 Å². The Morgan fingerprint density at radius 3 is 2.82 bits per heavy atom. The third kappa shape index (κ3) is 3.15. The highest BCUT2D eigenvalue weighted by molar-refractivity contribution is 7.98. The molecule has 0 aliphatic carbocycles. The van der Waals surface area contributed by atoms with Gasteiger partial charge in [-0.2, -0.15) is 15.0 Å². The highest BCUT2D eigenvalue weighted by atomic mass is 32.2. The van der Waals surface area contributed by atoms with Crippen LogP contribution in [0.5, 0.6) is 0 Å². The van der Waals surface area contributed by atoms with E-state index >= 15 is 0 Å². The smallest absolute Gasteiger partial charge is 0.229 e. The van der Waals surface area contributed by atoms with Gasteiger partial charge in [-0.25, -0.2) is 0 Å². The SMILES string of the molecule is CCC(Nc1nc(N)nc(SC)n1)c1cc2ccccc2s1. The fourth-order valence-corrected chi connectivity index (χ4v) is 3.79. The Labute approximate surface area is 137 Å². The molecule has 0 fully saturated rings. The number of benzene rings is 1. The van der Waals surface area contributed by atoms with Crippen LogP contribution >= 0.6 is 23.1 Å². The van der Waals surface area contributed by atoms with Crippen molar-refractivity contribution in [3.63, 3.8) is 0 Å². The second kappa shape index (κ2) is 6.50. The summed E-state index contributed by atoms with van der Waals surface area (Å²) in [6.07, 6.45) is 2.86. The molecule has 0 radical (unpaired) electrons. The topological polar surface area (TPSA) is 76.7 Å². The lowest BCUT2D eigenvalue weighted by Crippen LogP contribution is -2.12. The number of rotatable bonds is 5. The first-order valence-electron chi connectivity index (χ1n) is 7.00. The molecule has 3 aromatic rings. The van der Waals surface area contributed by atoms with Gasteiger partial charge in [-0.15, -0.1) is 11.3 Å². The fraction of sp³-hybridized carbons (Fsp3) is 0.267. The first-order chi connectivity index (χ1) is 10.7. The van der Waals surface area contributed by atoms with Crippen LogP contribution in [0.1, 0.15) is 24.3 Å². The lowest BCUT2D eigenvalue weighted by atomic mass is 10.1. The Bertz CT molecular complexity index is 753. The average Bonchev–Trinajstić information content (AvgIpc) is 2.95. The Morgan fingerprint density at radius 1 is 1.27 bits per heavy atom. The zero-order valence-corrected chi connectivity index (χ0v) is 14.0. The largest absolute Gasteiger partial charge is 0.368 e. The summed E-state index contributed by atoms with van der Waals surface area (Å²) in [4.78, 5) is 13.9. The summed E-state index contributed by atoms with van der Waals surface area (Å²) >= 11 is 3.25. The second-order valence-corrected chi connectivity index (χ2v) is 6.68. The average molecular weight is 331 g/mol. The minimum atomic E-state index is 0.161. The number of nitrogens with zero attached hydrogens (tertiary/aromatic N) is 3. The molecule has 0 aliphatic heterocycles. The number of hydrogen-bond donors (Lipinski definition) is 2. The Morgan fingerprint density at radius 2 is 2.09 bits per heavy atom. The molecule has 5 nitrogen and oxygen atoms in total. The van der Waals surface area contributed by atoms with Crippen LogP contribution in [0.2, 0.25) is 0 Å². The molecule has 3 N–H and O–H groups in total. The van der Waals surface area contributed by atoms with Crippen molar-refractivity contribution in [2.45, 2.75) is 24.5 Å². The van der Waals surface area contributed by atoms with Gasteiger partial charge >= 0.3 is 0 Å². The molecule has 0 spiro atoms. The zero-order chi connectivity index (χ0) is 15.5. The van der Waals surface area contributed by atoms with Gasteiger partial charge < -0.3 is 11.1 Å². The van der Waals surface area contributed by atoms with E-state index in [1.807, 2.05) is 6.26 Å². The van der Waals surface area contributed by atoms with Crippen molar-refractivity contribution in [3.05, 3.63) is 35.2 Å². The van der Waals surface area contributed by atoms with Gasteiger partial charge in [0.15, 0.2) is 5.16 Å². The highest BCUT2D eigenvalue weighted by Gasteiger charge is 2.15. The number of anilines is 2. The third-order valence-corrected chi connectivity index (χ3v) is 5.09. The lowest BCUT2D eigenvalue weighted by Gasteiger charge is -2.15. The Balaban J connectivity index is 1.89. The maximum atomic E-state index is 5.74. The van der Waals surface area contributed by atoms with Gasteiger partial charge in [0.25, 0.3) is 0 Å². The van der Waals surface area contributed by atoms with Crippen LogP contribution in [0.3, 0.4) is 0 Å². The monoisotopic (exact) mass is 331 g/mol. The molecule has 1 unspecified atom stereocenters. The lowest BCUT2D eigenvalue weighted by molar-refractivity contribution is 0.744. The van der Waals surface area contributed by atoms with E-state index in [1.54, 1.807) is 11.3 Å². The van der Waals surface area contributed by atoms with Crippen LogP contribution in [0.4, 0.5) is 11.9 Å². The van der Waals surface area contributed by atoms with E-state index in [0.717, 1.165) is 6.42 Å². The zero-order valence-electron chi connectivity index (χ0n) is 12.4. The number of nitrogens with one attached hydrogen (secondary N) is 1. The van der Waals surface area contributed by atoms with Gasteiger partial charge in [-0.1, -0.05) is 36.9 Å². The number of nitrogen functional groups attached to an aromatic ring is 1. The first kappa shape index (κ1) is 15.1. The van der Waals surface area contributed by atoms with Crippen molar-refractivity contribution in [2.24, 2.45) is 0 Å². The summed E-state index contributed by atoms with van der Waals surface area (Å²) in [6.45, 7) is 2.14. The van der Waals surface area contributed by atoms with Crippen LogP contribution in [0.25, 0.3) is 10.1 Å². The maximum absolute atomic E-state index is 5.74. The first-order valence-corrected chi connectivity index (χ1v) is 9.04. The van der Waals surface area contributed by atoms with E-state index in [1.165, 1.54) is 26.7 Å². The minimum Gasteiger partial charge on any atom is -0.368 e. The molecule has 1 atom stereocenters. The van der Waals surface area contributed by atoms with Gasteiger partial charge in [-0.05, 0) is 30.2 Å². The van der Waals surface area contributed by atoms with E-state index in [0.29, 0.717) is 11.1 Å². The molecule has 2 aromatic heterocycles. The van der Waals surface area contributed by atoms with Crippen molar-refractivity contribution in [2.75, 3.05) is 17.3 Å². The molecule has 0 bridgehead atoms. The molecule has 22 heavy (non-hydrogen) atoms. The van der Waals surface area contributed by atoms with E-state index < -0.39 is 0 Å². The highest BCUT2D eigenvalue weighted by Crippen LogP contribution is 2.32. The Kier molecular flexibility index (Phi) is 4.44. The van der Waals surface area contributed by atoms with E-state index in [2.05, 4.69) is 57.5 Å². The summed E-state index contributed by atoms with van der Waals surface area (Å²) in [6, 6.07) is 10.8. The molecule has 0 aliphatic rings. The number of thiophene rings is 1. The van der Waals surface area contributed by atoms with Crippen LogP contribution < -0.4 is 11.1 Å². The molecule has 2 heterocycles. The fourth-order valence-electron chi connectivity index (χ4n) is 2.23. The van der Waals surface area contributed by atoms with Gasteiger partial charge in [0.05, 0.1) is 6.04 Å². The van der Waals surface area contributed by atoms with Crippen molar-refractivity contribution in [3.8, 4) is 0 Å². The number of aromatic nitrogens is 3. The summed E-state index contributed by atoms with van der Waals surface area (Å²) < 4.78 is 1.29. The Hall–Kier alpha value is -1.86. The number of nitrogens with two attached hydrogens (primary N) is 1. The standard InChI is InChI=1S/C15H17N5S2/c1-3-10(12-8-9-6-4-5-7-11(9)22-12)17-14-18-13(16)19-15(20-14)21-2/h4-8,10H,3H2,1-2H3,(H3,16,17,18,19,20). The molecule has 3 rings (SSSR count). The van der Waals surface area contributed by atoms with E-state index in [4.69, 9.17) is 5.73 Å². The number of hydrogen-bond acceptors (Lipinski definition) is 7. The molecule has 114 valence electrons. The minimum absolute atomic E-state index is 0.161. The summed E-state index contributed by atoms with van der Waals surface area (Å²) in [5.74, 6) is 0.772. The molecule has 0 amide bonds. The molecule has 1 aromatic carbocycles. The number of thioether (sulfide) groups is 1. The molecular weight excluding hydrogens is 314 g/mol. The predicted molar refractivity (Wildman–Crippen MR) is 94.5 cm³/mol. The third-order valence-electron chi connectivity index (χ3n) is 3.31. The van der Waals surface area contributed by atoms with Gasteiger partial charge in [0.2, 0.25) is 11.9 Å². The van der Waals surface area contributed by atoms with E-state index in [-0.39, 0.29) is 12.0 Å². The maximum Gasteiger partial charge on any atom is 0.229 e. The second-order valence-electron chi connectivity index (χ2n) is 4.80. The van der Waals surface area contributed by atoms with Crippen molar-refractivity contribution in [1.82, 2.24) is 15.0 Å². The molecule has 7 heteroatoms. The van der Waals surface area contributed by atoms with Gasteiger partial charge in [0.1, 0.15) is 0 Å². The molecular formula is C15H17N5S2.